The Labute approximate surface area is 324 Å². The second kappa shape index (κ2) is 24.4. The number of unbranched alkanes of at least 4 members (excludes halogenated alkanes) is 7. The van der Waals surface area contributed by atoms with Crippen LogP contribution >= 0.6 is 0 Å². The second-order valence-corrected chi connectivity index (χ2v) is 14.2. The summed E-state index contributed by atoms with van der Waals surface area (Å²) in [5.41, 5.74) is 1.61. The normalized spacial score (nSPS) is 21.5. The molecular formula is C41H62F2N2O10. The molecule has 12 nitrogen and oxygen atoms in total. The van der Waals surface area contributed by atoms with E-state index >= 15 is 0 Å². The Morgan fingerprint density at radius 1 is 0.873 bits per heavy atom. The summed E-state index contributed by atoms with van der Waals surface area (Å²) in [5, 5.41) is 35.0. The van der Waals surface area contributed by atoms with Gasteiger partial charge in [0, 0.05) is 33.7 Å². The lowest BCUT2D eigenvalue weighted by Crippen LogP contribution is -2.62. The van der Waals surface area contributed by atoms with E-state index in [1.807, 2.05) is 19.1 Å². The van der Waals surface area contributed by atoms with Gasteiger partial charge in [-0.2, -0.15) is 0 Å². The van der Waals surface area contributed by atoms with Crippen LogP contribution in [0.1, 0.15) is 82.8 Å². The number of hydrogen-bond donors (Lipinski definition) is 4. The number of amides is 2. The highest BCUT2D eigenvalue weighted by Gasteiger charge is 2.47. The Morgan fingerprint density at radius 3 is 2.07 bits per heavy atom. The van der Waals surface area contributed by atoms with Crippen molar-refractivity contribution in [2.45, 2.75) is 133 Å². The maximum Gasteiger partial charge on any atom is 0.227 e. The Balaban J connectivity index is 1.47. The molecule has 1 fully saturated rings. The predicted molar refractivity (Wildman–Crippen MR) is 202 cm³/mol. The van der Waals surface area contributed by atoms with Gasteiger partial charge in [-0.25, -0.2) is 8.78 Å². The standard InChI is InChI=1S/C41H62F2N2O10/c1-6-45(36(48)24-29-17-20-30(51-3)21-18-29)25-34-39(52-4)38(50)40(53-5)41(55-34)54-26-33(37(49)27(2)46)44-35(47)16-14-12-10-8-7-9-11-13-15-28-19-22-31(42)32(43)23-28/h17-23,27,33-34,37-41,46,49-50H,6-16,24-26H2,1-5H3,(H,44,47). The number of ether oxygens (including phenoxy) is 5. The zero-order valence-corrected chi connectivity index (χ0v) is 33.0. The number of benzene rings is 2. The van der Waals surface area contributed by atoms with Crippen molar-refractivity contribution in [1.29, 1.82) is 0 Å². The van der Waals surface area contributed by atoms with Gasteiger partial charge in [-0.1, -0.05) is 56.7 Å². The summed E-state index contributed by atoms with van der Waals surface area (Å²) < 4.78 is 55.1. The van der Waals surface area contributed by atoms with Crippen LogP contribution in [-0.4, -0.2) is 122 Å². The third-order valence-corrected chi connectivity index (χ3v) is 10.1. The van der Waals surface area contributed by atoms with Crippen LogP contribution in [0.25, 0.3) is 0 Å². The number of aliphatic hydroxyl groups excluding tert-OH is 3. The van der Waals surface area contributed by atoms with Gasteiger partial charge in [0.15, 0.2) is 17.9 Å². The highest BCUT2D eigenvalue weighted by molar-refractivity contribution is 5.79. The molecule has 0 aliphatic carbocycles. The second-order valence-electron chi connectivity index (χ2n) is 14.2. The number of aliphatic hydroxyl groups is 3. The number of hydrogen-bond acceptors (Lipinski definition) is 10. The van der Waals surface area contributed by atoms with Gasteiger partial charge in [0.05, 0.1) is 32.3 Å². The molecule has 0 bridgehead atoms. The van der Waals surface area contributed by atoms with Crippen LogP contribution in [-0.2, 0) is 41.4 Å². The fourth-order valence-electron chi connectivity index (χ4n) is 6.78. The minimum absolute atomic E-state index is 0.0909. The minimum atomic E-state index is -1.35. The Hall–Kier alpha value is -3.24. The highest BCUT2D eigenvalue weighted by atomic mass is 19.2. The summed E-state index contributed by atoms with van der Waals surface area (Å²) >= 11 is 0. The number of methoxy groups -OCH3 is 3. The van der Waals surface area contributed by atoms with Gasteiger partial charge < -0.3 is 49.2 Å². The van der Waals surface area contributed by atoms with Crippen LogP contribution in [0.15, 0.2) is 42.5 Å². The van der Waals surface area contributed by atoms with Crippen molar-refractivity contribution in [2.75, 3.05) is 41.0 Å². The lowest BCUT2D eigenvalue weighted by Gasteiger charge is -2.44. The largest absolute Gasteiger partial charge is 0.497 e. The summed E-state index contributed by atoms with van der Waals surface area (Å²) in [6.45, 7) is 3.46. The average Bonchev–Trinajstić information content (AvgIpc) is 3.17. The molecule has 55 heavy (non-hydrogen) atoms. The summed E-state index contributed by atoms with van der Waals surface area (Å²) in [6, 6.07) is 10.3. The number of carbonyl (C=O) groups excluding carboxylic acids is 2. The Kier molecular flexibility index (Phi) is 20.5. The monoisotopic (exact) mass is 780 g/mol. The van der Waals surface area contributed by atoms with Crippen molar-refractivity contribution in [3.8, 4) is 5.75 Å². The number of likely N-dealkylation sites (N-methyl/N-ethyl adjacent to an activating group) is 1. The molecular weight excluding hydrogens is 718 g/mol. The van der Waals surface area contributed by atoms with Gasteiger partial charge in [0.1, 0.15) is 36.3 Å². The number of rotatable bonds is 25. The zero-order valence-electron chi connectivity index (χ0n) is 33.0. The van der Waals surface area contributed by atoms with E-state index in [1.54, 1.807) is 30.2 Å². The first-order valence-corrected chi connectivity index (χ1v) is 19.4. The van der Waals surface area contributed by atoms with E-state index in [0.717, 1.165) is 62.1 Å². The average molecular weight is 781 g/mol. The highest BCUT2D eigenvalue weighted by Crippen LogP contribution is 2.27. The molecule has 0 spiro atoms. The fourth-order valence-corrected chi connectivity index (χ4v) is 6.78. The predicted octanol–water partition coefficient (Wildman–Crippen LogP) is 4.48. The van der Waals surface area contributed by atoms with E-state index in [-0.39, 0.29) is 37.8 Å². The topological polar surface area (TPSA) is 156 Å². The van der Waals surface area contributed by atoms with E-state index in [4.69, 9.17) is 23.7 Å². The number of carbonyl (C=O) groups is 2. The number of aryl methyl sites for hydroxylation is 1. The third kappa shape index (κ3) is 15.0. The number of halogens is 2. The Bertz CT molecular complexity index is 1420. The Morgan fingerprint density at radius 2 is 1.49 bits per heavy atom. The smallest absolute Gasteiger partial charge is 0.227 e. The lowest BCUT2D eigenvalue weighted by molar-refractivity contribution is -0.308. The number of nitrogens with one attached hydrogen (secondary N) is 1. The maximum absolute atomic E-state index is 13.4. The van der Waals surface area contributed by atoms with Gasteiger partial charge >= 0.3 is 0 Å². The molecule has 0 radical (unpaired) electrons. The van der Waals surface area contributed by atoms with Crippen LogP contribution in [0.4, 0.5) is 8.78 Å². The van der Waals surface area contributed by atoms with Gasteiger partial charge in [-0.3, -0.25) is 9.59 Å². The van der Waals surface area contributed by atoms with Crippen molar-refractivity contribution in [2.24, 2.45) is 0 Å². The molecule has 8 atom stereocenters. The van der Waals surface area contributed by atoms with Crippen molar-refractivity contribution in [1.82, 2.24) is 10.2 Å². The molecule has 8 unspecified atom stereocenters. The van der Waals surface area contributed by atoms with Crippen LogP contribution in [0.2, 0.25) is 0 Å². The molecule has 2 amide bonds. The molecule has 1 aliphatic rings. The molecule has 2 aromatic rings. The van der Waals surface area contributed by atoms with Crippen LogP contribution in [0.5, 0.6) is 5.75 Å². The first kappa shape index (κ1) is 46.1. The zero-order chi connectivity index (χ0) is 40.3. The first-order chi connectivity index (χ1) is 26.4. The van der Waals surface area contributed by atoms with E-state index in [9.17, 15) is 33.7 Å². The molecule has 310 valence electrons. The molecule has 14 heteroatoms. The van der Waals surface area contributed by atoms with Crippen molar-refractivity contribution < 1.29 is 57.4 Å². The molecule has 2 aromatic carbocycles. The maximum atomic E-state index is 13.4. The van der Waals surface area contributed by atoms with Crippen molar-refractivity contribution in [3.05, 3.63) is 65.2 Å². The quantitative estimate of drug-likeness (QED) is 0.106. The SMILES string of the molecule is CCN(CC1OC(OCC(NC(=O)CCCCCCCCCCc2ccc(F)c(F)c2)C(O)C(C)O)C(OC)C(O)C1OC)C(=O)Cc1ccc(OC)cc1. The van der Waals surface area contributed by atoms with Crippen LogP contribution in [0, 0.1) is 11.6 Å². The summed E-state index contributed by atoms with van der Waals surface area (Å²) in [7, 11) is 4.40. The van der Waals surface area contributed by atoms with Gasteiger partial charge in [0.2, 0.25) is 11.8 Å². The first-order valence-electron chi connectivity index (χ1n) is 19.4. The van der Waals surface area contributed by atoms with Crippen LogP contribution < -0.4 is 10.1 Å². The van der Waals surface area contributed by atoms with E-state index < -0.39 is 60.6 Å². The summed E-state index contributed by atoms with van der Waals surface area (Å²) in [5.74, 6) is -1.41. The fraction of sp³-hybridized carbons (Fsp3) is 0.659. The molecule has 0 aromatic heterocycles. The summed E-state index contributed by atoms with van der Waals surface area (Å²) in [4.78, 5) is 27.8. The van der Waals surface area contributed by atoms with E-state index in [1.165, 1.54) is 27.2 Å². The molecule has 1 heterocycles. The lowest BCUT2D eigenvalue weighted by atomic mass is 9.97. The third-order valence-electron chi connectivity index (χ3n) is 10.1. The number of nitrogens with zero attached hydrogens (tertiary/aromatic N) is 1. The van der Waals surface area contributed by atoms with Crippen LogP contribution in [0.3, 0.4) is 0 Å². The van der Waals surface area contributed by atoms with E-state index in [0.29, 0.717) is 25.1 Å². The molecule has 1 saturated heterocycles. The van der Waals surface area contributed by atoms with Gasteiger partial charge in [-0.15, -0.1) is 0 Å². The van der Waals surface area contributed by atoms with E-state index in [2.05, 4.69) is 5.32 Å². The minimum Gasteiger partial charge on any atom is -0.497 e. The van der Waals surface area contributed by atoms with Gasteiger partial charge in [-0.05, 0) is 68.5 Å². The molecule has 0 saturated carbocycles. The summed E-state index contributed by atoms with van der Waals surface area (Å²) in [6.07, 6.45) is 1.04. The van der Waals surface area contributed by atoms with Gasteiger partial charge in [0.25, 0.3) is 0 Å². The molecule has 3 rings (SSSR count). The van der Waals surface area contributed by atoms with Crippen molar-refractivity contribution in [3.63, 3.8) is 0 Å². The molecule has 4 N–H and O–H groups in total. The van der Waals surface area contributed by atoms with Crippen molar-refractivity contribution >= 4 is 11.8 Å². The molecule has 1 aliphatic heterocycles.